The zero-order valence-corrected chi connectivity index (χ0v) is 23.6. The van der Waals surface area contributed by atoms with Crippen LogP contribution in [-0.2, 0) is 9.53 Å². The topological polar surface area (TPSA) is 87.0 Å². The van der Waals surface area contributed by atoms with Crippen molar-refractivity contribution in [2.24, 2.45) is 56.2 Å². The Hall–Kier alpha value is -0.910. The average molecular weight is 513 g/mol. The van der Waals surface area contributed by atoms with E-state index in [-0.39, 0.29) is 45.3 Å². The monoisotopic (exact) mass is 512 g/mol. The first kappa shape index (κ1) is 25.1. The van der Waals surface area contributed by atoms with E-state index in [2.05, 4.69) is 33.8 Å². The molecule has 3 N–H and O–H groups in total. The van der Waals surface area contributed by atoms with Crippen molar-refractivity contribution in [3.8, 4) is 0 Å². The van der Waals surface area contributed by atoms with E-state index in [0.717, 1.165) is 51.4 Å². The summed E-state index contributed by atoms with van der Waals surface area (Å²) in [5.41, 5.74) is -1.41. The molecule has 7 rings (SSSR count). The summed E-state index contributed by atoms with van der Waals surface area (Å²) in [7, 11) is 0. The Bertz CT molecular complexity index is 1090. The van der Waals surface area contributed by atoms with Crippen molar-refractivity contribution in [2.75, 3.05) is 6.61 Å². The minimum Gasteiger partial charge on any atom is -0.481 e. The Balaban J connectivity index is 1.34. The lowest BCUT2D eigenvalue weighted by atomic mass is 9.28. The normalized spacial score (nSPS) is 63.6. The molecule has 5 heteroatoms. The summed E-state index contributed by atoms with van der Waals surface area (Å²) in [5.74, 6) is -0.814. The van der Waals surface area contributed by atoms with Gasteiger partial charge in [0.2, 0.25) is 0 Å². The van der Waals surface area contributed by atoms with Gasteiger partial charge in [0, 0.05) is 23.7 Å². The third-order valence-corrected chi connectivity index (χ3v) is 15.2. The van der Waals surface area contributed by atoms with E-state index in [0.29, 0.717) is 18.4 Å². The Kier molecular flexibility index (Phi) is 4.65. The highest BCUT2D eigenvalue weighted by molar-refractivity contribution is 5.74. The van der Waals surface area contributed by atoms with E-state index in [1.54, 1.807) is 0 Å². The molecule has 0 amide bonds. The molecule has 0 aromatic rings. The molecule has 2 spiro atoms. The zero-order chi connectivity index (χ0) is 26.5. The highest BCUT2D eigenvalue weighted by Gasteiger charge is 2.79. The van der Waals surface area contributed by atoms with Crippen molar-refractivity contribution in [3.63, 3.8) is 0 Å². The molecular formula is C32H48O5. The number of carbonyl (C=O) groups is 1. The molecule has 2 bridgehead atoms. The van der Waals surface area contributed by atoms with Crippen LogP contribution in [0.3, 0.4) is 0 Å². The summed E-state index contributed by atoms with van der Waals surface area (Å²) in [4.78, 5) is 12.4. The van der Waals surface area contributed by atoms with E-state index in [9.17, 15) is 20.1 Å². The van der Waals surface area contributed by atoms with Gasteiger partial charge < -0.3 is 20.1 Å². The number of aliphatic carboxylic acids is 1. The quantitative estimate of drug-likeness (QED) is 0.379. The molecule has 1 aliphatic heterocycles. The Morgan fingerprint density at radius 3 is 2.30 bits per heavy atom. The summed E-state index contributed by atoms with van der Waals surface area (Å²) in [6, 6.07) is 0. The second kappa shape index (κ2) is 6.86. The fourth-order valence-electron chi connectivity index (χ4n) is 13.0. The molecule has 206 valence electrons. The second-order valence-corrected chi connectivity index (χ2v) is 16.2. The Morgan fingerprint density at radius 1 is 0.892 bits per heavy atom. The van der Waals surface area contributed by atoms with Crippen LogP contribution in [0, 0.1) is 56.2 Å². The van der Waals surface area contributed by atoms with Crippen LogP contribution in [0.2, 0.25) is 0 Å². The summed E-state index contributed by atoms with van der Waals surface area (Å²) >= 11 is 0. The van der Waals surface area contributed by atoms with Crippen LogP contribution in [-0.4, -0.2) is 39.3 Å². The number of carboxylic acids is 1. The molecule has 12 atom stereocenters. The van der Waals surface area contributed by atoms with E-state index in [1.165, 1.54) is 12.8 Å². The van der Waals surface area contributed by atoms with Gasteiger partial charge in [0.15, 0.2) is 5.79 Å². The fourth-order valence-corrected chi connectivity index (χ4v) is 13.0. The molecule has 6 aliphatic carbocycles. The fraction of sp³-hybridized carbons (Fsp3) is 0.906. The largest absolute Gasteiger partial charge is 0.481 e. The standard InChI is InChI=1S/C32H48O5/c1-20-30-10-7-21-27(4)14-13-25(2)11-12-26(3,24(33)34)17-22(25)28(27,5)15-16-29(21)8-6-9-31(35,23(29)30)18-32(20,36)37-19-30/h6,9,20-23,35-36H,7-8,10-19H2,1-5H3,(H,33,34)/t20-,21-,22-,23+,25-,26-,27-,28+,29-,30+,31-,32+/m1/s1. The van der Waals surface area contributed by atoms with Gasteiger partial charge in [-0.25, -0.2) is 0 Å². The summed E-state index contributed by atoms with van der Waals surface area (Å²) in [5, 5.41) is 34.0. The van der Waals surface area contributed by atoms with Gasteiger partial charge in [-0.05, 0) is 105 Å². The number of ether oxygens (including phenoxy) is 1. The van der Waals surface area contributed by atoms with Gasteiger partial charge in [-0.1, -0.05) is 39.8 Å². The van der Waals surface area contributed by atoms with Crippen LogP contribution in [0.25, 0.3) is 0 Å². The van der Waals surface area contributed by atoms with E-state index < -0.39 is 22.8 Å². The maximum Gasteiger partial charge on any atom is 0.309 e. The first-order valence-electron chi connectivity index (χ1n) is 15.1. The highest BCUT2D eigenvalue weighted by Crippen LogP contribution is 2.81. The van der Waals surface area contributed by atoms with Crippen LogP contribution in [0.4, 0.5) is 0 Å². The number of carboxylic acid groups (broad SMARTS) is 1. The number of rotatable bonds is 1. The SMILES string of the molecule is C[C@@H]1[C@]23CC[C@H]4[C@@]5(CC=C[C@@](O)(C[C@]1(O)OC2)[C@H]35)CC[C@@]1(C)[C@@H]2C[C@](C)(C(=O)O)CC[C@]2(C)CC[C@]41C. The second-order valence-electron chi connectivity index (χ2n) is 16.2. The minimum atomic E-state index is -1.23. The molecule has 0 aromatic carbocycles. The highest BCUT2D eigenvalue weighted by atomic mass is 16.6. The number of fused-ring (bicyclic) bond motifs is 5. The number of hydrogen-bond donors (Lipinski definition) is 3. The van der Waals surface area contributed by atoms with Crippen LogP contribution in [0.15, 0.2) is 12.2 Å². The predicted octanol–water partition coefficient (Wildman–Crippen LogP) is 5.93. The molecule has 6 fully saturated rings. The molecule has 1 heterocycles. The van der Waals surface area contributed by atoms with Crippen molar-refractivity contribution in [1.29, 1.82) is 0 Å². The van der Waals surface area contributed by atoms with Crippen LogP contribution in [0.5, 0.6) is 0 Å². The molecule has 7 aliphatic rings. The average Bonchev–Trinajstić information content (AvgIpc) is 2.99. The maximum absolute atomic E-state index is 12.4. The smallest absolute Gasteiger partial charge is 0.309 e. The van der Waals surface area contributed by atoms with Crippen molar-refractivity contribution >= 4 is 5.97 Å². The predicted molar refractivity (Wildman–Crippen MR) is 140 cm³/mol. The molecular weight excluding hydrogens is 464 g/mol. The molecule has 5 nitrogen and oxygen atoms in total. The van der Waals surface area contributed by atoms with Gasteiger partial charge in [0.05, 0.1) is 17.6 Å². The summed E-state index contributed by atoms with van der Waals surface area (Å²) in [6.45, 7) is 12.3. The first-order valence-corrected chi connectivity index (χ1v) is 15.1. The lowest BCUT2D eigenvalue weighted by Crippen LogP contribution is -2.73. The summed E-state index contributed by atoms with van der Waals surface area (Å²) in [6.07, 6.45) is 14.9. The van der Waals surface area contributed by atoms with Gasteiger partial charge >= 0.3 is 5.97 Å². The van der Waals surface area contributed by atoms with Gasteiger partial charge in [-0.3, -0.25) is 4.79 Å². The number of hydrogen-bond acceptors (Lipinski definition) is 4. The van der Waals surface area contributed by atoms with Crippen LogP contribution in [0.1, 0.15) is 105 Å². The third kappa shape index (κ3) is 2.62. The van der Waals surface area contributed by atoms with Crippen molar-refractivity contribution in [1.82, 2.24) is 0 Å². The van der Waals surface area contributed by atoms with Gasteiger partial charge in [-0.15, -0.1) is 0 Å². The van der Waals surface area contributed by atoms with E-state index in [1.807, 2.05) is 13.0 Å². The lowest BCUT2D eigenvalue weighted by Gasteiger charge is -2.76. The molecule has 5 saturated carbocycles. The zero-order valence-electron chi connectivity index (χ0n) is 23.6. The molecule has 37 heavy (non-hydrogen) atoms. The molecule has 0 unspecified atom stereocenters. The van der Waals surface area contributed by atoms with Gasteiger partial charge in [0.25, 0.3) is 0 Å². The molecule has 0 aromatic heterocycles. The number of aliphatic hydroxyl groups is 2. The van der Waals surface area contributed by atoms with Crippen LogP contribution < -0.4 is 0 Å². The van der Waals surface area contributed by atoms with Crippen molar-refractivity contribution in [2.45, 2.75) is 117 Å². The van der Waals surface area contributed by atoms with Crippen molar-refractivity contribution in [3.05, 3.63) is 12.2 Å². The number of allylic oxidation sites excluding steroid dienone is 1. The first-order chi connectivity index (χ1) is 17.1. The molecule has 0 radical (unpaired) electrons. The van der Waals surface area contributed by atoms with E-state index in [4.69, 9.17) is 4.74 Å². The summed E-state index contributed by atoms with van der Waals surface area (Å²) < 4.78 is 6.17. The Morgan fingerprint density at radius 2 is 1.57 bits per heavy atom. The van der Waals surface area contributed by atoms with Gasteiger partial charge in [-0.2, -0.15) is 0 Å². The van der Waals surface area contributed by atoms with Crippen LogP contribution >= 0.6 is 0 Å². The lowest BCUT2D eigenvalue weighted by molar-refractivity contribution is -0.306. The minimum absolute atomic E-state index is 0.0117. The Labute approximate surface area is 222 Å². The maximum atomic E-state index is 12.4. The van der Waals surface area contributed by atoms with Crippen molar-refractivity contribution < 1.29 is 24.9 Å². The molecule has 1 saturated heterocycles. The third-order valence-electron chi connectivity index (χ3n) is 15.2. The van der Waals surface area contributed by atoms with E-state index >= 15 is 0 Å². The van der Waals surface area contributed by atoms with Gasteiger partial charge in [0.1, 0.15) is 0 Å².